The Morgan fingerprint density at radius 1 is 1.42 bits per heavy atom. The number of rotatable bonds is 2. The second-order valence-electron chi connectivity index (χ2n) is 5.20. The summed E-state index contributed by atoms with van der Waals surface area (Å²) in [6.07, 6.45) is 0.792. The highest BCUT2D eigenvalue weighted by atomic mass is 35.5. The van der Waals surface area contributed by atoms with Crippen LogP contribution in [0.25, 0.3) is 0 Å². The van der Waals surface area contributed by atoms with Crippen LogP contribution >= 0.6 is 11.6 Å². The van der Waals surface area contributed by atoms with Crippen LogP contribution in [0, 0.1) is 12.8 Å². The molecule has 1 fully saturated rings. The normalized spacial score (nSPS) is 25.5. The molecule has 0 bridgehead atoms. The second kappa shape index (κ2) is 5.40. The first-order valence-corrected chi connectivity index (χ1v) is 8.16. The molecule has 0 radical (unpaired) electrons. The molecule has 2 N–H and O–H groups in total. The van der Waals surface area contributed by atoms with Crippen LogP contribution in [0.3, 0.4) is 0 Å². The summed E-state index contributed by atoms with van der Waals surface area (Å²) in [7, 11) is -3.50. The van der Waals surface area contributed by atoms with Gasteiger partial charge in [0.05, 0.1) is 4.90 Å². The summed E-state index contributed by atoms with van der Waals surface area (Å²) in [5.41, 5.74) is 6.68. The van der Waals surface area contributed by atoms with Gasteiger partial charge in [-0.05, 0) is 37.0 Å². The molecule has 2 unspecified atom stereocenters. The molecule has 0 saturated carbocycles. The van der Waals surface area contributed by atoms with Crippen molar-refractivity contribution in [3.05, 3.63) is 28.8 Å². The number of aryl methyl sites for hydroxylation is 1. The number of sulfonamides is 1. The van der Waals surface area contributed by atoms with Gasteiger partial charge in [0, 0.05) is 24.2 Å². The Morgan fingerprint density at radius 2 is 2.11 bits per heavy atom. The van der Waals surface area contributed by atoms with Gasteiger partial charge in [0.25, 0.3) is 0 Å². The summed E-state index contributed by atoms with van der Waals surface area (Å²) in [5, 5.41) is 0.429. The molecule has 0 aromatic heterocycles. The Labute approximate surface area is 119 Å². The lowest BCUT2D eigenvalue weighted by molar-refractivity contribution is 0.253. The molecule has 6 heteroatoms. The number of nitrogens with zero attached hydrogens (tertiary/aromatic N) is 1. The Balaban J connectivity index is 2.35. The van der Waals surface area contributed by atoms with Gasteiger partial charge in [-0.1, -0.05) is 24.6 Å². The lowest BCUT2D eigenvalue weighted by Crippen LogP contribution is -2.49. The predicted octanol–water partition coefficient (Wildman–Crippen LogP) is 2.01. The maximum absolute atomic E-state index is 12.6. The van der Waals surface area contributed by atoms with Gasteiger partial charge in [0.15, 0.2) is 0 Å². The van der Waals surface area contributed by atoms with Crippen molar-refractivity contribution in [2.45, 2.75) is 31.2 Å². The number of halogens is 1. The molecule has 1 aromatic carbocycles. The number of hydrogen-bond donors (Lipinski definition) is 1. The van der Waals surface area contributed by atoms with Gasteiger partial charge >= 0.3 is 0 Å². The fourth-order valence-electron chi connectivity index (χ4n) is 2.28. The average Bonchev–Trinajstić information content (AvgIpc) is 2.35. The largest absolute Gasteiger partial charge is 0.326 e. The van der Waals surface area contributed by atoms with E-state index in [0.29, 0.717) is 29.6 Å². The summed E-state index contributed by atoms with van der Waals surface area (Å²) < 4.78 is 26.7. The molecule has 1 saturated heterocycles. The zero-order chi connectivity index (χ0) is 14.2. The van der Waals surface area contributed by atoms with Gasteiger partial charge < -0.3 is 5.73 Å². The third kappa shape index (κ3) is 2.94. The molecular weight excluding hydrogens is 284 g/mol. The lowest BCUT2D eigenvalue weighted by atomic mass is 9.96. The van der Waals surface area contributed by atoms with E-state index in [1.807, 2.05) is 0 Å². The van der Waals surface area contributed by atoms with E-state index in [2.05, 4.69) is 6.92 Å². The fourth-order valence-corrected chi connectivity index (χ4v) is 4.26. The third-order valence-corrected chi connectivity index (χ3v) is 5.99. The molecule has 2 atom stereocenters. The van der Waals surface area contributed by atoms with Crippen LogP contribution in [-0.4, -0.2) is 31.9 Å². The monoisotopic (exact) mass is 302 g/mol. The van der Waals surface area contributed by atoms with Gasteiger partial charge in [0.2, 0.25) is 10.0 Å². The number of nitrogens with two attached hydrogens (primary N) is 1. The summed E-state index contributed by atoms with van der Waals surface area (Å²) in [4.78, 5) is 0.279. The first-order valence-electron chi connectivity index (χ1n) is 6.34. The van der Waals surface area contributed by atoms with Gasteiger partial charge in [-0.3, -0.25) is 0 Å². The highest BCUT2D eigenvalue weighted by molar-refractivity contribution is 7.89. The number of piperidine rings is 1. The molecular formula is C13H19ClN2O2S. The third-order valence-electron chi connectivity index (χ3n) is 3.75. The van der Waals surface area contributed by atoms with Crippen molar-refractivity contribution in [1.82, 2.24) is 4.31 Å². The molecule has 106 valence electrons. The standard InChI is InChI=1S/C13H19ClN2O2S/c1-9-5-6-16(8-12(9)15)19(17,18)13-7-11(14)4-3-10(13)2/h3-4,7,9,12H,5-6,8,15H2,1-2H3. The molecule has 4 nitrogen and oxygen atoms in total. The van der Waals surface area contributed by atoms with Crippen molar-refractivity contribution in [3.8, 4) is 0 Å². The van der Waals surface area contributed by atoms with Crippen LogP contribution in [0.15, 0.2) is 23.1 Å². The summed E-state index contributed by atoms with van der Waals surface area (Å²) in [6, 6.07) is 4.82. The molecule has 1 aliphatic heterocycles. The van der Waals surface area contributed by atoms with Crippen molar-refractivity contribution >= 4 is 21.6 Å². The fraction of sp³-hybridized carbons (Fsp3) is 0.538. The van der Waals surface area contributed by atoms with Crippen molar-refractivity contribution < 1.29 is 8.42 Å². The minimum Gasteiger partial charge on any atom is -0.326 e. The quantitative estimate of drug-likeness (QED) is 0.909. The Hall–Kier alpha value is -0.620. The molecule has 1 aliphatic rings. The topological polar surface area (TPSA) is 63.4 Å². The smallest absolute Gasteiger partial charge is 0.243 e. The van der Waals surface area contributed by atoms with Crippen LogP contribution < -0.4 is 5.73 Å². The van der Waals surface area contributed by atoms with E-state index in [9.17, 15) is 8.42 Å². The van der Waals surface area contributed by atoms with Gasteiger partial charge in [-0.25, -0.2) is 8.42 Å². The molecule has 1 aromatic rings. The van der Waals surface area contributed by atoms with Crippen LogP contribution in [-0.2, 0) is 10.0 Å². The first kappa shape index (κ1) is 14.8. The minimum absolute atomic E-state index is 0.108. The van der Waals surface area contributed by atoms with Crippen molar-refractivity contribution in [2.75, 3.05) is 13.1 Å². The van der Waals surface area contributed by atoms with E-state index in [1.165, 1.54) is 10.4 Å². The van der Waals surface area contributed by atoms with E-state index in [4.69, 9.17) is 17.3 Å². The maximum Gasteiger partial charge on any atom is 0.243 e. The second-order valence-corrected chi connectivity index (χ2v) is 7.55. The average molecular weight is 303 g/mol. The van der Waals surface area contributed by atoms with Crippen LogP contribution in [0.4, 0.5) is 0 Å². The maximum atomic E-state index is 12.6. The van der Waals surface area contributed by atoms with Gasteiger partial charge in [-0.2, -0.15) is 4.31 Å². The lowest BCUT2D eigenvalue weighted by Gasteiger charge is -2.34. The predicted molar refractivity (Wildman–Crippen MR) is 76.7 cm³/mol. The molecule has 0 aliphatic carbocycles. The van der Waals surface area contributed by atoms with E-state index >= 15 is 0 Å². The Morgan fingerprint density at radius 3 is 2.74 bits per heavy atom. The van der Waals surface area contributed by atoms with E-state index in [0.717, 1.165) is 6.42 Å². The highest BCUT2D eigenvalue weighted by Gasteiger charge is 2.32. The minimum atomic E-state index is -3.50. The van der Waals surface area contributed by atoms with Crippen molar-refractivity contribution in [3.63, 3.8) is 0 Å². The zero-order valence-corrected chi connectivity index (χ0v) is 12.7. The van der Waals surface area contributed by atoms with Crippen LogP contribution in [0.5, 0.6) is 0 Å². The van der Waals surface area contributed by atoms with Crippen LogP contribution in [0.2, 0.25) is 5.02 Å². The summed E-state index contributed by atoms with van der Waals surface area (Å²) >= 11 is 5.91. The number of benzene rings is 1. The van der Waals surface area contributed by atoms with E-state index < -0.39 is 10.0 Å². The van der Waals surface area contributed by atoms with Crippen molar-refractivity contribution in [1.29, 1.82) is 0 Å². The van der Waals surface area contributed by atoms with Crippen LogP contribution in [0.1, 0.15) is 18.9 Å². The Kier molecular flexibility index (Phi) is 4.20. The SMILES string of the molecule is Cc1ccc(Cl)cc1S(=O)(=O)N1CCC(C)C(N)C1. The van der Waals surface area contributed by atoms with Gasteiger partial charge in [0.1, 0.15) is 0 Å². The van der Waals surface area contributed by atoms with Crippen molar-refractivity contribution in [2.24, 2.45) is 11.7 Å². The number of hydrogen-bond acceptors (Lipinski definition) is 3. The van der Waals surface area contributed by atoms with Gasteiger partial charge in [-0.15, -0.1) is 0 Å². The molecule has 2 rings (SSSR count). The Bertz CT molecular complexity index is 574. The molecule has 19 heavy (non-hydrogen) atoms. The molecule has 1 heterocycles. The zero-order valence-electron chi connectivity index (χ0n) is 11.1. The molecule has 0 amide bonds. The van der Waals surface area contributed by atoms with E-state index in [-0.39, 0.29) is 10.9 Å². The summed E-state index contributed by atoms with van der Waals surface area (Å²) in [6.45, 7) is 4.72. The first-order chi connectivity index (χ1) is 8.82. The van der Waals surface area contributed by atoms with E-state index in [1.54, 1.807) is 19.1 Å². The highest BCUT2D eigenvalue weighted by Crippen LogP contribution is 2.27. The summed E-state index contributed by atoms with van der Waals surface area (Å²) in [5.74, 6) is 0.354. The molecule has 0 spiro atoms.